The first-order valence-electron chi connectivity index (χ1n) is 10.2. The second-order valence-electron chi connectivity index (χ2n) is 11.2. The third kappa shape index (κ3) is 7.93. The van der Waals surface area contributed by atoms with Crippen molar-refractivity contribution in [3.63, 3.8) is 0 Å². The van der Waals surface area contributed by atoms with Crippen LogP contribution in [0.2, 0.25) is 0 Å². The van der Waals surface area contributed by atoms with E-state index in [4.69, 9.17) is 9.47 Å². The summed E-state index contributed by atoms with van der Waals surface area (Å²) in [5.74, 6) is -0.114. The summed E-state index contributed by atoms with van der Waals surface area (Å²) in [6.45, 7) is 24.5. The molecule has 0 heterocycles. The van der Waals surface area contributed by atoms with E-state index in [2.05, 4.69) is 34.6 Å². The third-order valence-corrected chi connectivity index (χ3v) is 6.00. The Hall–Kier alpha value is -0.900. The van der Waals surface area contributed by atoms with E-state index in [9.17, 15) is 9.59 Å². The molecule has 0 unspecified atom stereocenters. The number of esters is 1. The molecule has 0 aromatic carbocycles. The van der Waals surface area contributed by atoms with Gasteiger partial charge in [-0.2, -0.15) is 0 Å². The maximum atomic E-state index is 12.9. The number of hydrogen-bond acceptors (Lipinski definition) is 4. The maximum absolute atomic E-state index is 12.9. The lowest BCUT2D eigenvalue weighted by atomic mass is 9.62. The molecule has 0 aliphatic rings. The predicted molar refractivity (Wildman–Crippen MR) is 112 cm³/mol. The van der Waals surface area contributed by atoms with Gasteiger partial charge in [-0.25, -0.2) is 0 Å². The van der Waals surface area contributed by atoms with Crippen LogP contribution in [0.3, 0.4) is 0 Å². The minimum Gasteiger partial charge on any atom is -0.459 e. The van der Waals surface area contributed by atoms with Gasteiger partial charge in [-0.15, -0.1) is 0 Å². The molecule has 0 aromatic rings. The second-order valence-corrected chi connectivity index (χ2v) is 11.2. The van der Waals surface area contributed by atoms with E-state index in [-0.39, 0.29) is 22.6 Å². The largest absolute Gasteiger partial charge is 0.459 e. The van der Waals surface area contributed by atoms with E-state index in [1.165, 1.54) is 0 Å². The van der Waals surface area contributed by atoms with Gasteiger partial charge in [-0.05, 0) is 58.8 Å². The van der Waals surface area contributed by atoms with E-state index in [0.717, 1.165) is 6.42 Å². The van der Waals surface area contributed by atoms with Crippen LogP contribution in [0.25, 0.3) is 0 Å². The number of ketones is 1. The van der Waals surface area contributed by atoms with Crippen LogP contribution in [0.4, 0.5) is 0 Å². The highest BCUT2D eigenvalue weighted by molar-refractivity contribution is 5.86. The Morgan fingerprint density at radius 2 is 1.30 bits per heavy atom. The Kier molecular flexibility index (Phi) is 8.34. The van der Waals surface area contributed by atoms with Gasteiger partial charge in [-0.3, -0.25) is 9.59 Å². The molecule has 0 amide bonds. The smallest absolute Gasteiger partial charge is 0.312 e. The van der Waals surface area contributed by atoms with Gasteiger partial charge in [-0.1, -0.05) is 41.5 Å². The van der Waals surface area contributed by atoms with E-state index in [0.29, 0.717) is 19.4 Å². The molecule has 27 heavy (non-hydrogen) atoms. The first-order chi connectivity index (χ1) is 11.8. The summed E-state index contributed by atoms with van der Waals surface area (Å²) in [6.07, 6.45) is 1.73. The molecule has 0 atom stereocenters. The van der Waals surface area contributed by atoms with Gasteiger partial charge in [0.1, 0.15) is 11.2 Å². The molecule has 0 N–H and O–H groups in total. The monoisotopic (exact) mass is 384 g/mol. The van der Waals surface area contributed by atoms with Gasteiger partial charge in [0, 0.05) is 12.8 Å². The fourth-order valence-corrected chi connectivity index (χ4v) is 2.94. The Labute approximate surface area is 167 Å². The van der Waals surface area contributed by atoms with Crippen LogP contribution in [-0.4, -0.2) is 29.6 Å². The highest BCUT2D eigenvalue weighted by atomic mass is 16.6. The molecule has 0 aromatic heterocycles. The van der Waals surface area contributed by atoms with Crippen molar-refractivity contribution in [2.24, 2.45) is 16.2 Å². The summed E-state index contributed by atoms with van der Waals surface area (Å²) in [6, 6.07) is 0. The van der Waals surface area contributed by atoms with E-state index >= 15 is 0 Å². The zero-order chi connectivity index (χ0) is 21.9. The van der Waals surface area contributed by atoms with Crippen molar-refractivity contribution in [3.05, 3.63) is 0 Å². The summed E-state index contributed by atoms with van der Waals surface area (Å²) in [5, 5.41) is 0. The molecule has 0 radical (unpaired) electrons. The zero-order valence-corrected chi connectivity index (χ0v) is 20.0. The van der Waals surface area contributed by atoms with Gasteiger partial charge in [0.05, 0.1) is 12.0 Å². The Balaban J connectivity index is 4.88. The van der Waals surface area contributed by atoms with Crippen LogP contribution in [0.1, 0.15) is 102 Å². The zero-order valence-electron chi connectivity index (χ0n) is 20.0. The lowest BCUT2D eigenvalue weighted by Gasteiger charge is -2.44. The third-order valence-electron chi connectivity index (χ3n) is 6.00. The molecule has 0 saturated carbocycles. The van der Waals surface area contributed by atoms with Crippen LogP contribution in [0, 0.1) is 16.2 Å². The van der Waals surface area contributed by atoms with Crippen molar-refractivity contribution >= 4 is 11.8 Å². The van der Waals surface area contributed by atoms with Crippen molar-refractivity contribution in [1.82, 2.24) is 0 Å². The molecular formula is C23H44O4. The molecule has 4 nitrogen and oxygen atoms in total. The van der Waals surface area contributed by atoms with Crippen LogP contribution in [0.15, 0.2) is 0 Å². The molecule has 0 aliphatic carbocycles. The fourth-order valence-electron chi connectivity index (χ4n) is 2.94. The summed E-state index contributed by atoms with van der Waals surface area (Å²) >= 11 is 0. The first-order valence-corrected chi connectivity index (χ1v) is 10.2. The number of carbonyl (C=O) groups excluding carboxylic acids is 2. The van der Waals surface area contributed by atoms with Crippen LogP contribution >= 0.6 is 0 Å². The van der Waals surface area contributed by atoms with E-state index in [1.807, 2.05) is 34.6 Å². The van der Waals surface area contributed by atoms with Gasteiger partial charge < -0.3 is 9.47 Å². The van der Waals surface area contributed by atoms with Crippen molar-refractivity contribution in [3.8, 4) is 0 Å². The normalized spacial score (nSPS) is 14.2. The number of carbonyl (C=O) groups is 2. The van der Waals surface area contributed by atoms with Crippen LogP contribution in [-0.2, 0) is 19.1 Å². The number of ether oxygens (including phenoxy) is 2. The molecule has 0 saturated heterocycles. The molecule has 0 fully saturated rings. The van der Waals surface area contributed by atoms with Crippen LogP contribution < -0.4 is 0 Å². The molecule has 0 aliphatic heterocycles. The SMILES string of the molecule is CCC(=O)C(C)(C)OCCC(C)(C)OC(=O)C(C)(C)CC(C)(C)C(C)(C)C. The fraction of sp³-hybridized carbons (Fsp3) is 0.913. The lowest BCUT2D eigenvalue weighted by Crippen LogP contribution is -2.42. The van der Waals surface area contributed by atoms with Gasteiger partial charge in [0.25, 0.3) is 0 Å². The summed E-state index contributed by atoms with van der Waals surface area (Å²) in [5.41, 5.74) is -1.94. The summed E-state index contributed by atoms with van der Waals surface area (Å²) in [7, 11) is 0. The van der Waals surface area contributed by atoms with E-state index < -0.39 is 16.6 Å². The minimum atomic E-state index is -0.801. The van der Waals surface area contributed by atoms with Crippen molar-refractivity contribution in [1.29, 1.82) is 0 Å². The Bertz CT molecular complexity index is 519. The molecule has 4 heteroatoms. The second kappa shape index (κ2) is 8.63. The highest BCUT2D eigenvalue weighted by Gasteiger charge is 2.43. The first kappa shape index (κ1) is 26.1. The molecule has 0 rings (SSSR count). The Morgan fingerprint density at radius 1 is 0.815 bits per heavy atom. The lowest BCUT2D eigenvalue weighted by molar-refractivity contribution is -0.173. The minimum absolute atomic E-state index is 0.00663. The topological polar surface area (TPSA) is 52.6 Å². The molecule has 160 valence electrons. The van der Waals surface area contributed by atoms with E-state index in [1.54, 1.807) is 13.8 Å². The maximum Gasteiger partial charge on any atom is 0.312 e. The number of rotatable bonds is 10. The van der Waals surface area contributed by atoms with Crippen molar-refractivity contribution < 1.29 is 19.1 Å². The number of hydrogen-bond donors (Lipinski definition) is 0. The standard InChI is InChI=1S/C23H44O4/c1-13-17(24)23(11,12)26-15-14-22(9,10)27-18(25)20(5,6)16-21(7,8)19(2,3)4/h13-16H2,1-12H3. The average molecular weight is 385 g/mol. The molecule has 0 bridgehead atoms. The summed E-state index contributed by atoms with van der Waals surface area (Å²) in [4.78, 5) is 24.8. The molecule has 0 spiro atoms. The van der Waals surface area contributed by atoms with Gasteiger partial charge in [0.15, 0.2) is 5.78 Å². The van der Waals surface area contributed by atoms with Crippen LogP contribution in [0.5, 0.6) is 0 Å². The van der Waals surface area contributed by atoms with Crippen molar-refractivity contribution in [2.45, 2.75) is 114 Å². The quantitative estimate of drug-likeness (QED) is 0.436. The predicted octanol–water partition coefficient (Wildman–Crippen LogP) is 5.96. The highest BCUT2D eigenvalue weighted by Crippen LogP contribution is 2.46. The van der Waals surface area contributed by atoms with Gasteiger partial charge >= 0.3 is 5.97 Å². The van der Waals surface area contributed by atoms with Gasteiger partial charge in [0.2, 0.25) is 0 Å². The Morgan fingerprint density at radius 3 is 1.70 bits per heavy atom. The molecular weight excluding hydrogens is 340 g/mol. The number of Topliss-reactive ketones (excluding diaryl/α,β-unsaturated/α-hetero) is 1. The van der Waals surface area contributed by atoms with Crippen molar-refractivity contribution in [2.75, 3.05) is 6.61 Å². The summed E-state index contributed by atoms with van der Waals surface area (Å²) < 4.78 is 11.6. The average Bonchev–Trinajstić information content (AvgIpc) is 2.42.